The number of hydrogen-bond acceptors (Lipinski definition) is 4. The van der Waals surface area contributed by atoms with Gasteiger partial charge in [0.2, 0.25) is 0 Å². The van der Waals surface area contributed by atoms with Crippen LogP contribution in [0.3, 0.4) is 0 Å². The molecule has 0 saturated heterocycles. The normalized spacial score (nSPS) is 11.0. The Kier molecular flexibility index (Phi) is 5.68. The minimum atomic E-state index is -4.58. The molecule has 3 rings (SSSR count). The average molecular weight is 440 g/mol. The number of aromatic nitrogens is 2. The van der Waals surface area contributed by atoms with Gasteiger partial charge in [0.25, 0.3) is 5.91 Å². The number of pyridine rings is 1. The van der Waals surface area contributed by atoms with Crippen LogP contribution in [0.25, 0.3) is 5.69 Å². The van der Waals surface area contributed by atoms with Crippen molar-refractivity contribution in [2.24, 2.45) is 0 Å². The number of anilines is 1. The second-order valence-corrected chi connectivity index (χ2v) is 6.49. The van der Waals surface area contributed by atoms with Gasteiger partial charge in [-0.1, -0.05) is 23.2 Å². The van der Waals surface area contributed by atoms with Gasteiger partial charge in [0.15, 0.2) is 5.82 Å². The lowest BCUT2D eigenvalue weighted by Gasteiger charge is -2.13. The number of amides is 1. The summed E-state index contributed by atoms with van der Waals surface area (Å²) in [4.78, 5) is 16.1. The van der Waals surface area contributed by atoms with Crippen molar-refractivity contribution in [3.05, 3.63) is 75.7 Å². The number of rotatable bonds is 4. The third-order valence-electron chi connectivity index (χ3n) is 3.78. The lowest BCUT2D eigenvalue weighted by molar-refractivity contribution is -0.137. The zero-order chi connectivity index (χ0) is 21.2. The van der Waals surface area contributed by atoms with Gasteiger partial charge in [-0.25, -0.2) is 4.98 Å². The molecule has 0 bridgehead atoms. The quantitative estimate of drug-likeness (QED) is 0.570. The first-order valence-corrected chi connectivity index (χ1v) is 8.63. The van der Waals surface area contributed by atoms with Crippen LogP contribution in [0, 0.1) is 11.3 Å². The fraction of sp³-hybridized carbons (Fsp3) is 0.0556. The highest BCUT2D eigenvalue weighted by molar-refractivity contribution is 6.33. The van der Waals surface area contributed by atoms with Crippen molar-refractivity contribution in [1.82, 2.24) is 15.0 Å². The molecule has 0 aliphatic carbocycles. The minimum Gasteiger partial charge on any atom is -0.311 e. The summed E-state index contributed by atoms with van der Waals surface area (Å²) in [5, 5.41) is 8.87. The van der Waals surface area contributed by atoms with E-state index in [0.717, 1.165) is 0 Å². The van der Waals surface area contributed by atoms with E-state index in [0.29, 0.717) is 23.5 Å². The zero-order valence-electron chi connectivity index (χ0n) is 14.3. The van der Waals surface area contributed by atoms with E-state index in [9.17, 15) is 18.0 Å². The molecule has 1 aromatic carbocycles. The molecule has 1 amide bonds. The molecule has 0 aliphatic rings. The summed E-state index contributed by atoms with van der Waals surface area (Å²) in [5.41, 5.74) is 4.70. The number of alkyl halides is 3. The van der Waals surface area contributed by atoms with Gasteiger partial charge in [-0.2, -0.15) is 18.4 Å². The number of nitrogens with zero attached hydrogens (tertiary/aromatic N) is 3. The Morgan fingerprint density at radius 3 is 2.55 bits per heavy atom. The van der Waals surface area contributed by atoms with E-state index >= 15 is 0 Å². The van der Waals surface area contributed by atoms with Crippen molar-refractivity contribution in [3.8, 4) is 11.8 Å². The third-order valence-corrected chi connectivity index (χ3v) is 4.37. The molecule has 2 N–H and O–H groups in total. The van der Waals surface area contributed by atoms with E-state index < -0.39 is 17.6 Å². The van der Waals surface area contributed by atoms with Crippen molar-refractivity contribution in [3.63, 3.8) is 0 Å². The van der Waals surface area contributed by atoms with Gasteiger partial charge >= 0.3 is 6.18 Å². The minimum absolute atomic E-state index is 0.150. The predicted molar refractivity (Wildman–Crippen MR) is 101 cm³/mol. The molecule has 11 heteroatoms. The Hall–Kier alpha value is -3.22. The van der Waals surface area contributed by atoms with Crippen molar-refractivity contribution in [1.29, 1.82) is 5.26 Å². The highest BCUT2D eigenvalue weighted by Gasteiger charge is 2.31. The van der Waals surface area contributed by atoms with E-state index in [1.165, 1.54) is 16.7 Å². The number of hydrogen-bond donors (Lipinski definition) is 2. The van der Waals surface area contributed by atoms with Gasteiger partial charge in [0, 0.05) is 12.4 Å². The molecule has 29 heavy (non-hydrogen) atoms. The molecule has 0 atom stereocenters. The van der Waals surface area contributed by atoms with E-state index in [4.69, 9.17) is 28.5 Å². The van der Waals surface area contributed by atoms with Gasteiger partial charge < -0.3 is 4.57 Å². The van der Waals surface area contributed by atoms with Crippen molar-refractivity contribution in [2.75, 3.05) is 5.43 Å². The first kappa shape index (κ1) is 20.5. The first-order valence-electron chi connectivity index (χ1n) is 7.87. The molecule has 148 valence electrons. The summed E-state index contributed by atoms with van der Waals surface area (Å²) < 4.78 is 39.5. The third kappa shape index (κ3) is 4.45. The van der Waals surface area contributed by atoms with Crippen LogP contribution in [0.15, 0.2) is 48.8 Å². The van der Waals surface area contributed by atoms with Gasteiger partial charge in [-0.3, -0.25) is 15.6 Å². The zero-order valence-corrected chi connectivity index (χ0v) is 15.8. The van der Waals surface area contributed by atoms with Crippen LogP contribution in [-0.4, -0.2) is 15.5 Å². The summed E-state index contributed by atoms with van der Waals surface area (Å²) in [6, 6.07) is 10.4. The molecule has 0 spiro atoms. The first-order chi connectivity index (χ1) is 13.7. The molecule has 3 aromatic rings. The Labute approximate surface area is 172 Å². The maximum Gasteiger partial charge on any atom is 0.417 e. The SMILES string of the molecule is N#Cc1ccc(-n2cccc2C(=O)NNc2ncc(C(F)(F)F)cc2Cl)c(Cl)c1. The van der Waals surface area contributed by atoms with Crippen molar-refractivity contribution < 1.29 is 18.0 Å². The van der Waals surface area contributed by atoms with Crippen LogP contribution in [0.4, 0.5) is 19.0 Å². The largest absolute Gasteiger partial charge is 0.417 e. The van der Waals surface area contributed by atoms with Crippen molar-refractivity contribution in [2.45, 2.75) is 6.18 Å². The molecule has 2 heterocycles. The summed E-state index contributed by atoms with van der Waals surface area (Å²) in [7, 11) is 0. The molecule has 2 aromatic heterocycles. The summed E-state index contributed by atoms with van der Waals surface area (Å²) >= 11 is 12.0. The predicted octanol–water partition coefficient (Wildman–Crippen LogP) is 4.83. The van der Waals surface area contributed by atoms with E-state index in [1.807, 2.05) is 6.07 Å². The van der Waals surface area contributed by atoms with Crippen LogP contribution >= 0.6 is 23.2 Å². The average Bonchev–Trinajstić information content (AvgIpc) is 3.15. The van der Waals surface area contributed by atoms with E-state index in [1.54, 1.807) is 24.4 Å². The standard InChI is InChI=1S/C18H10Cl2F3N5O/c19-12-6-10(8-24)3-4-14(12)28-5-1-2-15(28)17(29)27-26-16-13(20)7-11(9-25-16)18(21,22)23/h1-7,9H,(H,25,26)(H,27,29). The maximum absolute atomic E-state index is 12.7. The molecule has 0 saturated carbocycles. The van der Waals surface area contributed by atoms with Crippen LogP contribution in [0.1, 0.15) is 21.6 Å². The van der Waals surface area contributed by atoms with Crippen molar-refractivity contribution >= 4 is 34.9 Å². The topological polar surface area (TPSA) is 82.7 Å². The monoisotopic (exact) mass is 439 g/mol. The highest BCUT2D eigenvalue weighted by atomic mass is 35.5. The van der Waals surface area contributed by atoms with Crippen LogP contribution in [0.5, 0.6) is 0 Å². The summed E-state index contributed by atoms with van der Waals surface area (Å²) in [6.45, 7) is 0. The Balaban J connectivity index is 1.79. The molecule has 0 unspecified atom stereocenters. The lowest BCUT2D eigenvalue weighted by atomic mass is 10.2. The number of nitrogens with one attached hydrogen (secondary N) is 2. The number of benzene rings is 1. The molecule has 0 fully saturated rings. The Morgan fingerprint density at radius 1 is 1.17 bits per heavy atom. The number of carbonyl (C=O) groups is 1. The Bertz CT molecular complexity index is 1120. The number of nitriles is 1. The van der Waals surface area contributed by atoms with Gasteiger partial charge in [-0.05, 0) is 36.4 Å². The Morgan fingerprint density at radius 2 is 1.93 bits per heavy atom. The van der Waals surface area contributed by atoms with E-state index in [-0.39, 0.29) is 21.6 Å². The second-order valence-electron chi connectivity index (χ2n) is 5.67. The molecular formula is C18H10Cl2F3N5O. The van der Waals surface area contributed by atoms with Gasteiger partial charge in [0.05, 0.1) is 32.9 Å². The number of hydrazine groups is 1. The fourth-order valence-electron chi connectivity index (χ4n) is 2.41. The molecule has 6 nitrogen and oxygen atoms in total. The van der Waals surface area contributed by atoms with Crippen LogP contribution in [0.2, 0.25) is 10.0 Å². The lowest BCUT2D eigenvalue weighted by Crippen LogP contribution is -2.31. The molecular weight excluding hydrogens is 430 g/mol. The summed E-state index contributed by atoms with van der Waals surface area (Å²) in [5.74, 6) is -0.768. The van der Waals surface area contributed by atoms with Crippen LogP contribution < -0.4 is 10.9 Å². The molecule has 0 radical (unpaired) electrons. The van der Waals surface area contributed by atoms with Crippen LogP contribution in [-0.2, 0) is 6.18 Å². The van der Waals surface area contributed by atoms with E-state index in [2.05, 4.69) is 15.8 Å². The number of halogens is 5. The smallest absolute Gasteiger partial charge is 0.311 e. The molecule has 0 aliphatic heterocycles. The van der Waals surface area contributed by atoms with Gasteiger partial charge in [-0.15, -0.1) is 0 Å². The number of carbonyl (C=O) groups excluding carboxylic acids is 1. The summed E-state index contributed by atoms with van der Waals surface area (Å²) in [6.07, 6.45) is -2.40. The maximum atomic E-state index is 12.7. The second kappa shape index (κ2) is 8.03. The van der Waals surface area contributed by atoms with Gasteiger partial charge in [0.1, 0.15) is 5.69 Å². The fourth-order valence-corrected chi connectivity index (χ4v) is 2.90. The highest BCUT2D eigenvalue weighted by Crippen LogP contribution is 2.32.